The van der Waals surface area contributed by atoms with Gasteiger partial charge < -0.3 is 16.4 Å². The van der Waals surface area contributed by atoms with Crippen LogP contribution in [-0.2, 0) is 4.79 Å². The highest BCUT2D eigenvalue weighted by atomic mass is 16.1. The molecule has 1 atom stereocenters. The monoisotopic (exact) mass is 198 g/mol. The predicted molar refractivity (Wildman–Crippen MR) is 53.9 cm³/mol. The lowest BCUT2D eigenvalue weighted by Crippen LogP contribution is -2.63. The molecule has 2 heterocycles. The van der Waals surface area contributed by atoms with Crippen LogP contribution in [0.3, 0.4) is 0 Å². The van der Waals surface area contributed by atoms with E-state index in [1.165, 1.54) is 0 Å². The Morgan fingerprint density at radius 1 is 1.21 bits per heavy atom. The van der Waals surface area contributed by atoms with Crippen LogP contribution in [-0.4, -0.2) is 55.6 Å². The maximum absolute atomic E-state index is 11.5. The SMILES string of the molecule is NC(=O)C1(N2CCNCC2)CCNC1. The topological polar surface area (TPSA) is 70.4 Å². The van der Waals surface area contributed by atoms with Crippen LogP contribution in [0.15, 0.2) is 0 Å². The molecule has 2 saturated heterocycles. The van der Waals surface area contributed by atoms with Gasteiger partial charge in [0.15, 0.2) is 0 Å². The van der Waals surface area contributed by atoms with Gasteiger partial charge >= 0.3 is 0 Å². The second-order valence-corrected chi connectivity index (χ2v) is 4.06. The molecule has 0 aliphatic carbocycles. The summed E-state index contributed by atoms with van der Waals surface area (Å²) >= 11 is 0. The molecule has 1 amide bonds. The Morgan fingerprint density at radius 2 is 1.93 bits per heavy atom. The highest BCUT2D eigenvalue weighted by Gasteiger charge is 2.44. The van der Waals surface area contributed by atoms with Crippen LogP contribution in [0.5, 0.6) is 0 Å². The largest absolute Gasteiger partial charge is 0.368 e. The predicted octanol–water partition coefficient (Wildman–Crippen LogP) is -1.89. The summed E-state index contributed by atoms with van der Waals surface area (Å²) in [5, 5.41) is 6.51. The van der Waals surface area contributed by atoms with Crippen LogP contribution in [0.1, 0.15) is 6.42 Å². The van der Waals surface area contributed by atoms with Gasteiger partial charge in [0.1, 0.15) is 5.54 Å². The van der Waals surface area contributed by atoms with Crippen molar-refractivity contribution in [1.29, 1.82) is 0 Å². The van der Waals surface area contributed by atoms with Crippen molar-refractivity contribution in [3.63, 3.8) is 0 Å². The van der Waals surface area contributed by atoms with E-state index in [4.69, 9.17) is 5.73 Å². The van der Waals surface area contributed by atoms with Crippen LogP contribution in [0.2, 0.25) is 0 Å². The number of rotatable bonds is 2. The summed E-state index contributed by atoms with van der Waals surface area (Å²) < 4.78 is 0. The number of primary amides is 1. The third kappa shape index (κ3) is 1.51. The number of carbonyl (C=O) groups excluding carboxylic acids is 1. The molecule has 80 valence electrons. The highest BCUT2D eigenvalue weighted by molar-refractivity contribution is 5.85. The fourth-order valence-electron chi connectivity index (χ4n) is 2.41. The number of hydrogen-bond acceptors (Lipinski definition) is 4. The van der Waals surface area contributed by atoms with Crippen molar-refractivity contribution in [3.05, 3.63) is 0 Å². The zero-order valence-corrected chi connectivity index (χ0v) is 8.38. The number of nitrogens with zero attached hydrogens (tertiary/aromatic N) is 1. The van der Waals surface area contributed by atoms with Crippen molar-refractivity contribution in [3.8, 4) is 0 Å². The number of hydrogen-bond donors (Lipinski definition) is 3. The molecule has 2 aliphatic heterocycles. The lowest BCUT2D eigenvalue weighted by atomic mass is 9.94. The van der Waals surface area contributed by atoms with E-state index >= 15 is 0 Å². The molecule has 0 aromatic heterocycles. The summed E-state index contributed by atoms with van der Waals surface area (Å²) in [7, 11) is 0. The van der Waals surface area contributed by atoms with Gasteiger partial charge in [0.25, 0.3) is 0 Å². The first-order valence-electron chi connectivity index (χ1n) is 5.22. The quantitative estimate of drug-likeness (QED) is 0.485. The van der Waals surface area contributed by atoms with Crippen LogP contribution in [0.4, 0.5) is 0 Å². The maximum atomic E-state index is 11.5. The van der Waals surface area contributed by atoms with E-state index in [0.717, 1.165) is 39.1 Å². The number of nitrogens with one attached hydrogen (secondary N) is 2. The number of carbonyl (C=O) groups is 1. The van der Waals surface area contributed by atoms with Gasteiger partial charge in [-0.15, -0.1) is 0 Å². The first-order chi connectivity index (χ1) is 6.76. The molecule has 0 saturated carbocycles. The van der Waals surface area contributed by atoms with Crippen molar-refractivity contribution in [1.82, 2.24) is 15.5 Å². The van der Waals surface area contributed by atoms with Gasteiger partial charge in [-0.05, 0) is 13.0 Å². The first-order valence-corrected chi connectivity index (χ1v) is 5.22. The molecular weight excluding hydrogens is 180 g/mol. The summed E-state index contributed by atoms with van der Waals surface area (Å²) in [6, 6.07) is 0. The third-order valence-electron chi connectivity index (χ3n) is 3.31. The van der Waals surface area contributed by atoms with Gasteiger partial charge in [-0.2, -0.15) is 0 Å². The lowest BCUT2D eigenvalue weighted by molar-refractivity contribution is -0.129. The zero-order valence-electron chi connectivity index (χ0n) is 8.38. The van der Waals surface area contributed by atoms with Crippen molar-refractivity contribution >= 4 is 5.91 Å². The van der Waals surface area contributed by atoms with Crippen LogP contribution in [0, 0.1) is 0 Å². The van der Waals surface area contributed by atoms with Crippen molar-refractivity contribution in [2.75, 3.05) is 39.3 Å². The molecule has 0 aromatic rings. The van der Waals surface area contributed by atoms with Crippen molar-refractivity contribution < 1.29 is 4.79 Å². The molecule has 1 unspecified atom stereocenters. The van der Waals surface area contributed by atoms with Gasteiger partial charge in [-0.1, -0.05) is 0 Å². The van der Waals surface area contributed by atoms with Crippen molar-refractivity contribution in [2.24, 2.45) is 5.73 Å². The first kappa shape index (κ1) is 9.89. The average Bonchev–Trinajstić information content (AvgIpc) is 2.69. The third-order valence-corrected chi connectivity index (χ3v) is 3.31. The fourth-order valence-corrected chi connectivity index (χ4v) is 2.41. The van der Waals surface area contributed by atoms with E-state index < -0.39 is 5.54 Å². The fraction of sp³-hybridized carbons (Fsp3) is 0.889. The Hall–Kier alpha value is -0.650. The van der Waals surface area contributed by atoms with Gasteiger partial charge in [-0.3, -0.25) is 9.69 Å². The number of amides is 1. The number of piperazine rings is 1. The van der Waals surface area contributed by atoms with E-state index in [9.17, 15) is 4.79 Å². The summed E-state index contributed by atoms with van der Waals surface area (Å²) in [5.41, 5.74) is 5.11. The van der Waals surface area contributed by atoms with Gasteiger partial charge in [-0.25, -0.2) is 0 Å². The van der Waals surface area contributed by atoms with E-state index in [0.29, 0.717) is 6.54 Å². The molecular formula is C9H18N4O. The second-order valence-electron chi connectivity index (χ2n) is 4.06. The Labute approximate surface area is 84.0 Å². The highest BCUT2D eigenvalue weighted by Crippen LogP contribution is 2.23. The molecule has 0 aromatic carbocycles. The van der Waals surface area contributed by atoms with Crippen LogP contribution < -0.4 is 16.4 Å². The summed E-state index contributed by atoms with van der Waals surface area (Å²) in [6.07, 6.45) is 0.850. The minimum absolute atomic E-state index is 0.176. The second kappa shape index (κ2) is 3.84. The number of nitrogens with two attached hydrogens (primary N) is 1. The van der Waals surface area contributed by atoms with Crippen LogP contribution >= 0.6 is 0 Å². The average molecular weight is 198 g/mol. The molecule has 5 nitrogen and oxygen atoms in total. The minimum Gasteiger partial charge on any atom is -0.368 e. The molecule has 0 radical (unpaired) electrons. The van der Waals surface area contributed by atoms with Gasteiger partial charge in [0, 0.05) is 32.7 Å². The molecule has 14 heavy (non-hydrogen) atoms. The maximum Gasteiger partial charge on any atom is 0.239 e. The van der Waals surface area contributed by atoms with E-state index in [1.807, 2.05) is 0 Å². The standard InChI is InChI=1S/C9H18N4O/c10-8(14)9(1-2-12-7-9)13-5-3-11-4-6-13/h11-12H,1-7H2,(H2,10,14). The molecule has 2 fully saturated rings. The Bertz CT molecular complexity index is 219. The smallest absolute Gasteiger partial charge is 0.239 e. The Kier molecular flexibility index (Phi) is 2.71. The molecule has 0 bridgehead atoms. The Morgan fingerprint density at radius 3 is 2.43 bits per heavy atom. The van der Waals surface area contributed by atoms with E-state index in [-0.39, 0.29) is 5.91 Å². The Balaban J connectivity index is 2.12. The van der Waals surface area contributed by atoms with Gasteiger partial charge in [0.2, 0.25) is 5.91 Å². The van der Waals surface area contributed by atoms with Crippen molar-refractivity contribution in [2.45, 2.75) is 12.0 Å². The summed E-state index contributed by atoms with van der Waals surface area (Å²) in [4.78, 5) is 13.8. The molecule has 4 N–H and O–H groups in total. The molecule has 5 heteroatoms. The molecule has 2 aliphatic rings. The summed E-state index contributed by atoms with van der Waals surface area (Å²) in [6.45, 7) is 5.36. The lowest BCUT2D eigenvalue weighted by Gasteiger charge is -2.40. The summed E-state index contributed by atoms with van der Waals surface area (Å²) in [5.74, 6) is -0.176. The molecule has 0 spiro atoms. The van der Waals surface area contributed by atoms with Crippen LogP contribution in [0.25, 0.3) is 0 Å². The van der Waals surface area contributed by atoms with Gasteiger partial charge in [0.05, 0.1) is 0 Å². The minimum atomic E-state index is -0.415. The van der Waals surface area contributed by atoms with E-state index in [1.54, 1.807) is 0 Å². The normalized spacial score (nSPS) is 34.6. The van der Waals surface area contributed by atoms with E-state index in [2.05, 4.69) is 15.5 Å². The molecule has 2 rings (SSSR count). The zero-order chi connectivity index (χ0) is 10.0.